The number of rotatable bonds is 3. The number of carboxylic acid groups (broad SMARTS) is 1. The third kappa shape index (κ3) is 1.95. The number of carbonyl (C=O) groups is 3. The van der Waals surface area contributed by atoms with E-state index in [9.17, 15) is 14.4 Å². The number of carboxylic acids is 1. The Kier molecular flexibility index (Phi) is 2.22. The van der Waals surface area contributed by atoms with E-state index in [0.29, 0.717) is 0 Å². The fourth-order valence-corrected chi connectivity index (χ4v) is 1.11. The number of nitrogens with one attached hydrogen (secondary N) is 2. The zero-order chi connectivity index (χ0) is 10.1. The van der Waals surface area contributed by atoms with Gasteiger partial charge in [-0.05, 0) is 13.3 Å². The predicted molar refractivity (Wildman–Crippen MR) is 41.9 cm³/mol. The van der Waals surface area contributed by atoms with Crippen molar-refractivity contribution < 1.29 is 19.5 Å². The minimum absolute atomic E-state index is 0.0971. The van der Waals surface area contributed by atoms with Crippen molar-refractivity contribution in [2.75, 3.05) is 0 Å². The molecule has 0 aromatic rings. The number of amides is 3. The van der Waals surface area contributed by atoms with Gasteiger partial charge in [-0.3, -0.25) is 14.9 Å². The molecule has 0 aromatic carbocycles. The van der Waals surface area contributed by atoms with Gasteiger partial charge in [0, 0.05) is 6.42 Å². The summed E-state index contributed by atoms with van der Waals surface area (Å²) >= 11 is 0. The third-order valence-corrected chi connectivity index (χ3v) is 1.96. The largest absolute Gasteiger partial charge is 0.481 e. The van der Waals surface area contributed by atoms with Crippen LogP contribution in [0.25, 0.3) is 0 Å². The van der Waals surface area contributed by atoms with Crippen molar-refractivity contribution in [1.82, 2.24) is 10.6 Å². The number of urea groups is 1. The van der Waals surface area contributed by atoms with Gasteiger partial charge in [0.1, 0.15) is 5.54 Å². The molecule has 1 aliphatic heterocycles. The average Bonchev–Trinajstić information content (AvgIpc) is 2.23. The lowest BCUT2D eigenvalue weighted by atomic mass is 9.96. The van der Waals surface area contributed by atoms with Crippen molar-refractivity contribution in [3.63, 3.8) is 0 Å². The molecule has 1 aliphatic rings. The first-order valence-corrected chi connectivity index (χ1v) is 3.79. The lowest BCUT2D eigenvalue weighted by Gasteiger charge is -2.18. The van der Waals surface area contributed by atoms with Crippen LogP contribution >= 0.6 is 0 Å². The van der Waals surface area contributed by atoms with Crippen LogP contribution in [0.1, 0.15) is 19.8 Å². The molecule has 72 valence electrons. The Morgan fingerprint density at radius 2 is 2.15 bits per heavy atom. The fraction of sp³-hybridized carbons (Fsp3) is 0.571. The van der Waals surface area contributed by atoms with Crippen LogP contribution in [-0.2, 0) is 9.59 Å². The molecule has 0 aromatic heterocycles. The van der Waals surface area contributed by atoms with Crippen molar-refractivity contribution in [3.8, 4) is 0 Å². The molecule has 6 nitrogen and oxygen atoms in total. The molecule has 1 fully saturated rings. The van der Waals surface area contributed by atoms with Crippen molar-refractivity contribution in [2.45, 2.75) is 25.3 Å². The van der Waals surface area contributed by atoms with Gasteiger partial charge in [-0.25, -0.2) is 4.79 Å². The summed E-state index contributed by atoms with van der Waals surface area (Å²) in [7, 11) is 0. The summed E-state index contributed by atoms with van der Waals surface area (Å²) in [6.45, 7) is 1.50. The lowest BCUT2D eigenvalue weighted by molar-refractivity contribution is -0.137. The first-order valence-electron chi connectivity index (χ1n) is 3.79. The van der Waals surface area contributed by atoms with E-state index in [0.717, 1.165) is 0 Å². The minimum Gasteiger partial charge on any atom is -0.481 e. The Balaban J connectivity index is 2.60. The molecule has 1 rings (SSSR count). The molecular formula is C7H10N2O4. The van der Waals surface area contributed by atoms with Crippen molar-refractivity contribution in [1.29, 1.82) is 0 Å². The average molecular weight is 186 g/mol. The van der Waals surface area contributed by atoms with E-state index in [1.165, 1.54) is 6.92 Å². The lowest BCUT2D eigenvalue weighted by Crippen LogP contribution is -2.43. The molecule has 6 heteroatoms. The SMILES string of the molecule is C[C@@]1(CCC(=O)O)NC(=O)NC1=O. The van der Waals surface area contributed by atoms with Crippen molar-refractivity contribution in [3.05, 3.63) is 0 Å². The molecule has 1 atom stereocenters. The molecule has 3 amide bonds. The van der Waals surface area contributed by atoms with Crippen LogP contribution in [0.3, 0.4) is 0 Å². The molecule has 1 heterocycles. The summed E-state index contributed by atoms with van der Waals surface area (Å²) in [6.07, 6.45) is -0.0515. The second-order valence-corrected chi connectivity index (χ2v) is 3.13. The highest BCUT2D eigenvalue weighted by atomic mass is 16.4. The highest BCUT2D eigenvalue weighted by molar-refractivity contribution is 6.06. The van der Waals surface area contributed by atoms with Gasteiger partial charge in [0.25, 0.3) is 5.91 Å². The molecule has 0 saturated carbocycles. The Hall–Kier alpha value is -1.59. The highest BCUT2D eigenvalue weighted by Crippen LogP contribution is 2.16. The Bertz CT molecular complexity index is 276. The molecule has 1 saturated heterocycles. The van der Waals surface area contributed by atoms with E-state index in [1.54, 1.807) is 0 Å². The Morgan fingerprint density at radius 1 is 1.54 bits per heavy atom. The van der Waals surface area contributed by atoms with Crippen LogP contribution in [0.2, 0.25) is 0 Å². The monoisotopic (exact) mass is 186 g/mol. The topological polar surface area (TPSA) is 95.5 Å². The molecule has 3 N–H and O–H groups in total. The normalized spacial score (nSPS) is 26.8. The van der Waals surface area contributed by atoms with E-state index in [2.05, 4.69) is 5.32 Å². The van der Waals surface area contributed by atoms with Gasteiger partial charge < -0.3 is 10.4 Å². The van der Waals surface area contributed by atoms with Crippen LogP contribution in [0.15, 0.2) is 0 Å². The first kappa shape index (κ1) is 9.50. The van der Waals surface area contributed by atoms with Crippen LogP contribution in [0.5, 0.6) is 0 Å². The van der Waals surface area contributed by atoms with E-state index in [-0.39, 0.29) is 12.8 Å². The van der Waals surface area contributed by atoms with Gasteiger partial charge in [0.05, 0.1) is 0 Å². The van der Waals surface area contributed by atoms with E-state index < -0.39 is 23.4 Å². The maximum atomic E-state index is 11.1. The zero-order valence-corrected chi connectivity index (χ0v) is 7.09. The Labute approximate surface area is 74.3 Å². The van der Waals surface area contributed by atoms with Gasteiger partial charge in [-0.15, -0.1) is 0 Å². The smallest absolute Gasteiger partial charge is 0.322 e. The van der Waals surface area contributed by atoms with Gasteiger partial charge in [-0.2, -0.15) is 0 Å². The summed E-state index contributed by atoms with van der Waals surface area (Å²) in [5, 5.41) is 12.8. The molecule has 0 unspecified atom stereocenters. The first-order chi connectivity index (χ1) is 5.94. The number of hydrogen-bond donors (Lipinski definition) is 3. The molecular weight excluding hydrogens is 176 g/mol. The van der Waals surface area contributed by atoms with Gasteiger partial charge in [-0.1, -0.05) is 0 Å². The van der Waals surface area contributed by atoms with Crippen LogP contribution < -0.4 is 10.6 Å². The quantitative estimate of drug-likeness (QED) is 0.515. The summed E-state index contributed by atoms with van der Waals surface area (Å²) in [5.41, 5.74) is -1.07. The van der Waals surface area contributed by atoms with E-state index >= 15 is 0 Å². The molecule has 0 aliphatic carbocycles. The zero-order valence-electron chi connectivity index (χ0n) is 7.09. The molecule has 0 spiro atoms. The number of carbonyl (C=O) groups excluding carboxylic acids is 2. The summed E-state index contributed by atoms with van der Waals surface area (Å²) in [4.78, 5) is 32.1. The summed E-state index contributed by atoms with van der Waals surface area (Å²) < 4.78 is 0. The summed E-state index contributed by atoms with van der Waals surface area (Å²) in [6, 6.07) is -0.571. The third-order valence-electron chi connectivity index (χ3n) is 1.96. The number of hydrogen-bond acceptors (Lipinski definition) is 3. The fourth-order valence-electron chi connectivity index (χ4n) is 1.11. The number of aliphatic carboxylic acids is 1. The van der Waals surface area contributed by atoms with Crippen molar-refractivity contribution in [2.24, 2.45) is 0 Å². The second kappa shape index (κ2) is 3.04. The molecule has 13 heavy (non-hydrogen) atoms. The minimum atomic E-state index is -1.07. The number of imide groups is 1. The van der Waals surface area contributed by atoms with E-state index in [4.69, 9.17) is 5.11 Å². The Morgan fingerprint density at radius 3 is 2.54 bits per heavy atom. The second-order valence-electron chi connectivity index (χ2n) is 3.13. The van der Waals surface area contributed by atoms with Gasteiger partial charge >= 0.3 is 12.0 Å². The molecule has 0 radical (unpaired) electrons. The van der Waals surface area contributed by atoms with Gasteiger partial charge in [0.2, 0.25) is 0 Å². The van der Waals surface area contributed by atoms with Crippen LogP contribution in [-0.4, -0.2) is 28.6 Å². The summed E-state index contributed by atoms with van der Waals surface area (Å²) in [5.74, 6) is -1.46. The molecule has 0 bridgehead atoms. The predicted octanol–water partition coefficient (Wildman–Crippen LogP) is -0.551. The highest BCUT2D eigenvalue weighted by Gasteiger charge is 2.41. The van der Waals surface area contributed by atoms with Crippen molar-refractivity contribution >= 4 is 17.9 Å². The maximum Gasteiger partial charge on any atom is 0.322 e. The van der Waals surface area contributed by atoms with Crippen LogP contribution in [0, 0.1) is 0 Å². The maximum absolute atomic E-state index is 11.1. The van der Waals surface area contributed by atoms with Gasteiger partial charge in [0.15, 0.2) is 0 Å². The standard InChI is InChI=1S/C7H10N2O4/c1-7(3-2-4(10)11)5(12)8-6(13)9-7/h2-3H2,1H3,(H,10,11)(H2,8,9,12,13)/t7-/m0/s1. The van der Waals surface area contributed by atoms with E-state index in [1.807, 2.05) is 5.32 Å². The van der Waals surface area contributed by atoms with Crippen LogP contribution in [0.4, 0.5) is 4.79 Å².